The molecule has 2 aromatic carbocycles. The van der Waals surface area contributed by atoms with Crippen LogP contribution in [0.4, 0.5) is 0 Å². The van der Waals surface area contributed by atoms with Crippen molar-refractivity contribution in [3.05, 3.63) is 70.1 Å². The van der Waals surface area contributed by atoms with E-state index < -0.39 is 11.8 Å². The molecule has 1 aromatic heterocycles. The number of nitrogens with one attached hydrogen (secondary N) is 2. The molecule has 0 spiro atoms. The van der Waals surface area contributed by atoms with Crippen LogP contribution in [0.2, 0.25) is 0 Å². The van der Waals surface area contributed by atoms with Crippen molar-refractivity contribution >= 4 is 22.6 Å². The fraction of sp³-hybridized carbons (Fsp3) is 0.200. The maximum absolute atomic E-state index is 12.3. The van der Waals surface area contributed by atoms with Crippen LogP contribution in [0, 0.1) is 13.8 Å². The van der Waals surface area contributed by atoms with Crippen LogP contribution >= 0.6 is 0 Å². The summed E-state index contributed by atoms with van der Waals surface area (Å²) in [6.45, 7) is 3.23. The Balaban J connectivity index is 1.53. The van der Waals surface area contributed by atoms with Gasteiger partial charge in [-0.3, -0.25) is 25.2 Å². The molecule has 0 saturated heterocycles. The molecule has 1 heterocycles. The molecule has 8 nitrogen and oxygen atoms in total. The van der Waals surface area contributed by atoms with E-state index in [0.29, 0.717) is 16.5 Å². The normalized spacial score (nSPS) is 10.5. The molecule has 0 aliphatic carbocycles. The van der Waals surface area contributed by atoms with Gasteiger partial charge < -0.3 is 4.74 Å². The summed E-state index contributed by atoms with van der Waals surface area (Å²) < 4.78 is 6.50. The van der Waals surface area contributed by atoms with Gasteiger partial charge in [0.25, 0.3) is 17.4 Å². The van der Waals surface area contributed by atoms with E-state index >= 15 is 0 Å². The van der Waals surface area contributed by atoms with Crippen molar-refractivity contribution in [3.8, 4) is 5.75 Å². The second-order valence-corrected chi connectivity index (χ2v) is 6.35. The van der Waals surface area contributed by atoms with Crippen LogP contribution in [0.15, 0.2) is 53.5 Å². The standard InChI is InChI=1S/C20H20N4O4/c1-13-7-8-14(2)17(9-13)28-12-19(26)23-22-18(25)11-24-20(27)16-6-4-3-5-15(16)10-21-24/h3-10H,11-12H2,1-2H3,(H,22,25)(H,23,26). The smallest absolute Gasteiger partial charge is 0.276 e. The Morgan fingerprint density at radius 2 is 1.82 bits per heavy atom. The van der Waals surface area contributed by atoms with E-state index in [1.165, 1.54) is 6.20 Å². The summed E-state index contributed by atoms with van der Waals surface area (Å²) in [4.78, 5) is 36.2. The number of aromatic nitrogens is 2. The van der Waals surface area contributed by atoms with E-state index in [-0.39, 0.29) is 18.7 Å². The number of carbonyl (C=O) groups excluding carboxylic acids is 2. The molecule has 0 bridgehead atoms. The lowest BCUT2D eigenvalue weighted by Crippen LogP contribution is -2.46. The van der Waals surface area contributed by atoms with Gasteiger partial charge in [0, 0.05) is 5.39 Å². The zero-order valence-electron chi connectivity index (χ0n) is 15.6. The van der Waals surface area contributed by atoms with Gasteiger partial charge in [-0.2, -0.15) is 5.10 Å². The molecule has 0 radical (unpaired) electrons. The fourth-order valence-electron chi connectivity index (χ4n) is 2.60. The highest BCUT2D eigenvalue weighted by Gasteiger charge is 2.10. The number of nitrogens with zero attached hydrogens (tertiary/aromatic N) is 2. The maximum atomic E-state index is 12.3. The minimum Gasteiger partial charge on any atom is -0.483 e. The number of fused-ring (bicyclic) bond motifs is 1. The van der Waals surface area contributed by atoms with Crippen LogP contribution < -0.4 is 21.1 Å². The molecular weight excluding hydrogens is 360 g/mol. The van der Waals surface area contributed by atoms with E-state index in [9.17, 15) is 14.4 Å². The summed E-state index contributed by atoms with van der Waals surface area (Å²) >= 11 is 0. The van der Waals surface area contributed by atoms with Gasteiger partial charge in [0.2, 0.25) is 0 Å². The first kappa shape index (κ1) is 19.1. The van der Waals surface area contributed by atoms with Crippen LogP contribution in [0.1, 0.15) is 11.1 Å². The highest BCUT2D eigenvalue weighted by Crippen LogP contribution is 2.18. The summed E-state index contributed by atoms with van der Waals surface area (Å²) in [6, 6.07) is 12.7. The number of hydrogen-bond donors (Lipinski definition) is 2. The van der Waals surface area contributed by atoms with Gasteiger partial charge in [0.1, 0.15) is 12.3 Å². The van der Waals surface area contributed by atoms with Crippen molar-refractivity contribution in [2.24, 2.45) is 0 Å². The number of hydrazine groups is 1. The van der Waals surface area contributed by atoms with Crippen molar-refractivity contribution in [1.29, 1.82) is 0 Å². The van der Waals surface area contributed by atoms with Crippen LogP contribution in [0.25, 0.3) is 10.8 Å². The number of carbonyl (C=O) groups is 2. The van der Waals surface area contributed by atoms with Gasteiger partial charge in [-0.05, 0) is 37.1 Å². The number of ether oxygens (including phenoxy) is 1. The van der Waals surface area contributed by atoms with E-state index in [0.717, 1.165) is 15.8 Å². The molecule has 0 fully saturated rings. The minimum absolute atomic E-state index is 0.251. The SMILES string of the molecule is Cc1ccc(C)c(OCC(=O)NNC(=O)Cn2ncc3ccccc3c2=O)c1. The molecule has 0 atom stereocenters. The summed E-state index contributed by atoms with van der Waals surface area (Å²) in [6.07, 6.45) is 1.51. The predicted molar refractivity (Wildman–Crippen MR) is 104 cm³/mol. The minimum atomic E-state index is -0.579. The molecule has 144 valence electrons. The number of hydrogen-bond acceptors (Lipinski definition) is 5. The zero-order valence-corrected chi connectivity index (χ0v) is 15.6. The van der Waals surface area contributed by atoms with Crippen LogP contribution in [-0.4, -0.2) is 28.2 Å². The van der Waals surface area contributed by atoms with E-state index in [4.69, 9.17) is 4.74 Å². The molecule has 0 saturated carbocycles. The first-order chi connectivity index (χ1) is 13.4. The maximum Gasteiger partial charge on any atom is 0.276 e. The van der Waals surface area contributed by atoms with Crippen molar-refractivity contribution in [2.45, 2.75) is 20.4 Å². The second kappa shape index (κ2) is 8.34. The number of amides is 2. The second-order valence-electron chi connectivity index (χ2n) is 6.35. The molecular formula is C20H20N4O4. The Kier molecular flexibility index (Phi) is 5.69. The van der Waals surface area contributed by atoms with Gasteiger partial charge in [-0.15, -0.1) is 0 Å². The molecule has 2 N–H and O–H groups in total. The first-order valence-electron chi connectivity index (χ1n) is 8.66. The topological polar surface area (TPSA) is 102 Å². The predicted octanol–water partition coefficient (Wildman–Crippen LogP) is 1.24. The Morgan fingerprint density at radius 1 is 1.07 bits per heavy atom. The number of rotatable bonds is 5. The van der Waals surface area contributed by atoms with Crippen molar-refractivity contribution in [1.82, 2.24) is 20.6 Å². The Labute approximate surface area is 161 Å². The highest BCUT2D eigenvalue weighted by atomic mass is 16.5. The van der Waals surface area contributed by atoms with Gasteiger partial charge in [0.15, 0.2) is 6.61 Å². The number of benzene rings is 2. The largest absolute Gasteiger partial charge is 0.483 e. The van der Waals surface area contributed by atoms with E-state index in [1.54, 1.807) is 24.3 Å². The van der Waals surface area contributed by atoms with Gasteiger partial charge in [0.05, 0.1) is 11.6 Å². The average molecular weight is 380 g/mol. The zero-order chi connectivity index (χ0) is 20.1. The Bertz CT molecular complexity index is 1090. The van der Waals surface area contributed by atoms with Gasteiger partial charge in [-0.25, -0.2) is 4.68 Å². The van der Waals surface area contributed by atoms with Crippen LogP contribution in [0.3, 0.4) is 0 Å². The third kappa shape index (κ3) is 4.53. The lowest BCUT2D eigenvalue weighted by molar-refractivity contribution is -0.130. The monoisotopic (exact) mass is 380 g/mol. The number of aryl methyl sites for hydroxylation is 2. The van der Waals surface area contributed by atoms with E-state index in [2.05, 4.69) is 16.0 Å². The Morgan fingerprint density at radius 3 is 2.64 bits per heavy atom. The van der Waals surface area contributed by atoms with Crippen molar-refractivity contribution in [3.63, 3.8) is 0 Å². The van der Waals surface area contributed by atoms with E-state index in [1.807, 2.05) is 32.0 Å². The molecule has 3 rings (SSSR count). The molecule has 0 unspecified atom stereocenters. The van der Waals surface area contributed by atoms with Crippen LogP contribution in [0.5, 0.6) is 5.75 Å². The third-order valence-electron chi connectivity index (χ3n) is 4.10. The summed E-state index contributed by atoms with van der Waals surface area (Å²) in [5, 5.41) is 5.14. The summed E-state index contributed by atoms with van der Waals surface area (Å²) in [5.41, 5.74) is 6.05. The molecule has 8 heteroatoms. The van der Waals surface area contributed by atoms with Gasteiger partial charge >= 0.3 is 0 Å². The first-order valence-corrected chi connectivity index (χ1v) is 8.66. The van der Waals surface area contributed by atoms with Gasteiger partial charge in [-0.1, -0.05) is 30.3 Å². The fourth-order valence-corrected chi connectivity index (χ4v) is 2.60. The van der Waals surface area contributed by atoms with Crippen LogP contribution in [-0.2, 0) is 16.1 Å². The molecule has 28 heavy (non-hydrogen) atoms. The summed E-state index contributed by atoms with van der Waals surface area (Å²) in [5.74, 6) is -0.494. The quantitative estimate of drug-likeness (QED) is 0.649. The average Bonchev–Trinajstić information content (AvgIpc) is 2.69. The lowest BCUT2D eigenvalue weighted by atomic mass is 10.1. The molecule has 2 amide bonds. The molecule has 0 aliphatic heterocycles. The van der Waals surface area contributed by atoms with Crippen molar-refractivity contribution in [2.75, 3.05) is 6.61 Å². The molecule has 0 aliphatic rings. The lowest BCUT2D eigenvalue weighted by Gasteiger charge is -2.11. The summed E-state index contributed by atoms with van der Waals surface area (Å²) in [7, 11) is 0. The highest BCUT2D eigenvalue weighted by molar-refractivity contribution is 5.83. The molecule has 3 aromatic rings. The third-order valence-corrected chi connectivity index (χ3v) is 4.10. The van der Waals surface area contributed by atoms with Crippen molar-refractivity contribution < 1.29 is 14.3 Å². The Hall–Kier alpha value is -3.68.